The van der Waals surface area contributed by atoms with Crippen LogP contribution < -0.4 is 0 Å². The topological polar surface area (TPSA) is 17.1 Å². The Bertz CT molecular complexity index is 802. The Morgan fingerprint density at radius 1 is 0.800 bits per heavy atom. The highest BCUT2D eigenvalue weighted by molar-refractivity contribution is 6.08. The normalized spacial score (nSPS) is 17.4. The molecule has 1 heteroatoms. The van der Waals surface area contributed by atoms with Gasteiger partial charge in [-0.1, -0.05) is 60.7 Å². The highest BCUT2D eigenvalue weighted by Crippen LogP contribution is 2.36. The van der Waals surface area contributed by atoms with E-state index in [1.165, 1.54) is 10.9 Å². The van der Waals surface area contributed by atoms with E-state index in [4.69, 9.17) is 0 Å². The van der Waals surface area contributed by atoms with Gasteiger partial charge in [-0.15, -0.1) is 0 Å². The molecular weight excluding hydrogens is 244 g/mol. The number of ketones is 1. The molecule has 1 nitrogen and oxygen atoms in total. The van der Waals surface area contributed by atoms with Gasteiger partial charge in [-0.2, -0.15) is 0 Å². The van der Waals surface area contributed by atoms with Gasteiger partial charge in [-0.25, -0.2) is 0 Å². The highest BCUT2D eigenvalue weighted by atomic mass is 16.1. The summed E-state index contributed by atoms with van der Waals surface area (Å²) in [5, 5.41) is 2.36. The van der Waals surface area contributed by atoms with Crippen molar-refractivity contribution < 1.29 is 4.79 Å². The number of Topliss-reactive ketones (excluding diaryl/α,β-unsaturated/α-hetero) is 1. The molecule has 1 unspecified atom stereocenters. The standard InChI is InChI=1S/C19H14O/c20-19-17(13-6-2-1-3-7-13)12-16-10-14-8-4-5-9-15(14)11-18(16)19/h1-11,17H,12H2. The number of hydrogen-bond acceptors (Lipinski definition) is 1. The molecule has 0 amide bonds. The van der Waals surface area contributed by atoms with E-state index >= 15 is 0 Å². The van der Waals surface area contributed by atoms with Gasteiger partial charge in [-0.05, 0) is 34.4 Å². The maximum absolute atomic E-state index is 12.6. The quantitative estimate of drug-likeness (QED) is 0.633. The Morgan fingerprint density at radius 2 is 1.45 bits per heavy atom. The summed E-state index contributed by atoms with van der Waals surface area (Å²) in [6, 6.07) is 22.6. The van der Waals surface area contributed by atoms with Crippen LogP contribution in [0.1, 0.15) is 27.4 Å². The van der Waals surface area contributed by atoms with Crippen LogP contribution >= 0.6 is 0 Å². The van der Waals surface area contributed by atoms with Gasteiger partial charge in [0.1, 0.15) is 0 Å². The zero-order valence-electron chi connectivity index (χ0n) is 11.0. The minimum atomic E-state index is -0.0111. The molecule has 0 saturated heterocycles. The van der Waals surface area contributed by atoms with E-state index < -0.39 is 0 Å². The van der Waals surface area contributed by atoms with Crippen LogP contribution in [0.2, 0.25) is 0 Å². The molecule has 0 aromatic heterocycles. The molecule has 4 rings (SSSR count). The van der Waals surface area contributed by atoms with E-state index in [1.807, 2.05) is 42.5 Å². The Hall–Kier alpha value is -2.41. The minimum absolute atomic E-state index is 0.0111. The average molecular weight is 258 g/mol. The summed E-state index contributed by atoms with van der Waals surface area (Å²) in [6.07, 6.45) is 0.822. The molecule has 1 aliphatic rings. The van der Waals surface area contributed by atoms with Gasteiger partial charge >= 0.3 is 0 Å². The largest absolute Gasteiger partial charge is 0.293 e. The molecule has 0 fully saturated rings. The summed E-state index contributed by atoms with van der Waals surface area (Å²) in [4.78, 5) is 12.6. The van der Waals surface area contributed by atoms with E-state index in [0.29, 0.717) is 0 Å². The molecule has 0 aliphatic heterocycles. The van der Waals surface area contributed by atoms with Crippen LogP contribution in [0.3, 0.4) is 0 Å². The van der Waals surface area contributed by atoms with Gasteiger partial charge in [0.25, 0.3) is 0 Å². The fourth-order valence-electron chi connectivity index (χ4n) is 3.14. The fourth-order valence-corrected chi connectivity index (χ4v) is 3.14. The Balaban J connectivity index is 1.84. The molecule has 3 aromatic carbocycles. The lowest BCUT2D eigenvalue weighted by molar-refractivity contribution is 0.0973. The van der Waals surface area contributed by atoms with Gasteiger partial charge < -0.3 is 0 Å². The van der Waals surface area contributed by atoms with E-state index in [2.05, 4.69) is 24.3 Å². The average Bonchev–Trinajstić information content (AvgIpc) is 2.83. The van der Waals surface area contributed by atoms with Crippen LogP contribution in [0.15, 0.2) is 66.7 Å². The van der Waals surface area contributed by atoms with Crippen LogP contribution in [0, 0.1) is 0 Å². The van der Waals surface area contributed by atoms with Crippen molar-refractivity contribution in [1.29, 1.82) is 0 Å². The molecule has 20 heavy (non-hydrogen) atoms. The Morgan fingerprint density at radius 3 is 2.20 bits per heavy atom. The molecular formula is C19H14O. The van der Waals surface area contributed by atoms with Crippen LogP contribution in [0.5, 0.6) is 0 Å². The number of rotatable bonds is 1. The molecule has 1 atom stereocenters. The summed E-state index contributed by atoms with van der Waals surface area (Å²) >= 11 is 0. The lowest BCUT2D eigenvalue weighted by atomic mass is 9.95. The van der Waals surface area contributed by atoms with Crippen molar-refractivity contribution in [2.45, 2.75) is 12.3 Å². The van der Waals surface area contributed by atoms with Crippen molar-refractivity contribution >= 4 is 16.6 Å². The lowest BCUT2D eigenvalue weighted by Gasteiger charge is -2.07. The highest BCUT2D eigenvalue weighted by Gasteiger charge is 2.31. The van der Waals surface area contributed by atoms with Crippen LogP contribution in [0.25, 0.3) is 10.8 Å². The predicted molar refractivity (Wildman–Crippen MR) is 81.2 cm³/mol. The number of benzene rings is 3. The number of carbonyl (C=O) groups excluding carboxylic acids is 1. The summed E-state index contributed by atoms with van der Waals surface area (Å²) in [5.74, 6) is 0.250. The number of fused-ring (bicyclic) bond motifs is 2. The van der Waals surface area contributed by atoms with Gasteiger partial charge in [-0.3, -0.25) is 4.79 Å². The third-order valence-corrected chi connectivity index (χ3v) is 4.18. The first-order chi connectivity index (χ1) is 9.83. The van der Waals surface area contributed by atoms with E-state index in [1.54, 1.807) is 0 Å². The van der Waals surface area contributed by atoms with Crippen LogP contribution in [0.4, 0.5) is 0 Å². The smallest absolute Gasteiger partial charge is 0.170 e. The zero-order chi connectivity index (χ0) is 13.5. The fraction of sp³-hybridized carbons (Fsp3) is 0.105. The van der Waals surface area contributed by atoms with Crippen molar-refractivity contribution in [3.63, 3.8) is 0 Å². The van der Waals surface area contributed by atoms with Crippen LogP contribution in [-0.4, -0.2) is 5.78 Å². The molecule has 0 bridgehead atoms. The second-order valence-electron chi connectivity index (χ2n) is 5.39. The molecule has 0 spiro atoms. The number of hydrogen-bond donors (Lipinski definition) is 0. The Kier molecular flexibility index (Phi) is 2.46. The second-order valence-corrected chi connectivity index (χ2v) is 5.39. The van der Waals surface area contributed by atoms with Gasteiger partial charge in [0.05, 0.1) is 5.92 Å². The molecule has 0 saturated carbocycles. The van der Waals surface area contributed by atoms with E-state index in [9.17, 15) is 4.79 Å². The first-order valence-corrected chi connectivity index (χ1v) is 6.94. The Labute approximate surface area is 117 Å². The molecule has 0 radical (unpaired) electrons. The maximum Gasteiger partial charge on any atom is 0.170 e. The summed E-state index contributed by atoms with van der Waals surface area (Å²) in [7, 11) is 0. The van der Waals surface area contributed by atoms with Gasteiger partial charge in [0.15, 0.2) is 5.78 Å². The summed E-state index contributed by atoms with van der Waals surface area (Å²) in [6.45, 7) is 0. The van der Waals surface area contributed by atoms with Gasteiger partial charge in [0.2, 0.25) is 0 Å². The van der Waals surface area contributed by atoms with Crippen LogP contribution in [-0.2, 0) is 6.42 Å². The second kappa shape index (κ2) is 4.31. The van der Waals surface area contributed by atoms with Crippen molar-refractivity contribution in [3.8, 4) is 0 Å². The monoisotopic (exact) mass is 258 g/mol. The first-order valence-electron chi connectivity index (χ1n) is 6.94. The lowest BCUT2D eigenvalue weighted by Crippen LogP contribution is -2.06. The van der Waals surface area contributed by atoms with Crippen molar-refractivity contribution in [2.24, 2.45) is 0 Å². The van der Waals surface area contributed by atoms with Crippen molar-refractivity contribution in [2.75, 3.05) is 0 Å². The molecule has 96 valence electrons. The third kappa shape index (κ3) is 1.67. The van der Waals surface area contributed by atoms with E-state index in [0.717, 1.165) is 22.9 Å². The molecule has 1 aliphatic carbocycles. The molecule has 0 heterocycles. The number of carbonyl (C=O) groups is 1. The summed E-state index contributed by atoms with van der Waals surface area (Å²) in [5.41, 5.74) is 3.21. The van der Waals surface area contributed by atoms with Crippen molar-refractivity contribution in [3.05, 3.63) is 83.4 Å². The predicted octanol–water partition coefficient (Wildman–Crippen LogP) is 4.36. The van der Waals surface area contributed by atoms with E-state index in [-0.39, 0.29) is 11.7 Å². The minimum Gasteiger partial charge on any atom is -0.293 e. The molecule has 3 aromatic rings. The molecule has 0 N–H and O–H groups in total. The SMILES string of the molecule is O=C1c2cc3ccccc3cc2CC1c1ccccc1. The summed E-state index contributed by atoms with van der Waals surface area (Å²) < 4.78 is 0. The maximum atomic E-state index is 12.6. The zero-order valence-corrected chi connectivity index (χ0v) is 11.0. The first kappa shape index (κ1) is 11.4. The van der Waals surface area contributed by atoms with Gasteiger partial charge in [0, 0.05) is 5.56 Å². The third-order valence-electron chi connectivity index (χ3n) is 4.18. The van der Waals surface area contributed by atoms with Crippen molar-refractivity contribution in [1.82, 2.24) is 0 Å².